The lowest BCUT2D eigenvalue weighted by atomic mass is 9.96. The molecule has 0 aromatic carbocycles. The molecule has 0 aliphatic carbocycles. The Kier molecular flexibility index (Phi) is 6.92. The minimum atomic E-state index is -0.591. The summed E-state index contributed by atoms with van der Waals surface area (Å²) in [7, 11) is 4.33. The third kappa shape index (κ3) is 5.04. The summed E-state index contributed by atoms with van der Waals surface area (Å²) in [6.07, 6.45) is 4.34. The quantitative estimate of drug-likeness (QED) is 0.652. The van der Waals surface area contributed by atoms with E-state index in [9.17, 15) is 4.79 Å². The number of likely N-dealkylation sites (tertiary alicyclic amines) is 1. The Balaban J connectivity index is 2.40. The summed E-state index contributed by atoms with van der Waals surface area (Å²) in [5.41, 5.74) is 4.96. The van der Waals surface area contributed by atoms with E-state index in [4.69, 9.17) is 5.73 Å². The molecule has 1 fully saturated rings. The van der Waals surface area contributed by atoms with Gasteiger partial charge in [0.25, 0.3) is 0 Å². The maximum Gasteiger partial charge on any atom is 0.237 e. The highest BCUT2D eigenvalue weighted by atomic mass is 16.1. The average molecular weight is 284 g/mol. The predicted octanol–water partition coefficient (Wildman–Crippen LogP) is 0.646. The largest absolute Gasteiger partial charge is 0.368 e. The van der Waals surface area contributed by atoms with E-state index in [2.05, 4.69) is 36.1 Å². The van der Waals surface area contributed by atoms with Gasteiger partial charge in [-0.15, -0.1) is 0 Å². The van der Waals surface area contributed by atoms with Gasteiger partial charge in [0.05, 0.1) is 5.54 Å². The van der Waals surface area contributed by atoms with Crippen LogP contribution in [0, 0.1) is 0 Å². The highest BCUT2D eigenvalue weighted by molar-refractivity contribution is 5.84. The minimum Gasteiger partial charge on any atom is -0.368 e. The van der Waals surface area contributed by atoms with Gasteiger partial charge in [0.2, 0.25) is 5.91 Å². The monoisotopic (exact) mass is 284 g/mol. The maximum atomic E-state index is 11.7. The van der Waals surface area contributed by atoms with Gasteiger partial charge in [-0.1, -0.05) is 6.92 Å². The number of primary amides is 1. The van der Waals surface area contributed by atoms with Gasteiger partial charge >= 0.3 is 0 Å². The van der Waals surface area contributed by atoms with Gasteiger partial charge in [-0.05, 0) is 59.8 Å². The van der Waals surface area contributed by atoms with Gasteiger partial charge in [0.15, 0.2) is 0 Å². The average Bonchev–Trinajstić information content (AvgIpc) is 2.79. The Bertz CT molecular complexity index is 310. The van der Waals surface area contributed by atoms with Crippen LogP contribution in [0.2, 0.25) is 0 Å². The molecule has 0 aromatic heterocycles. The fourth-order valence-electron chi connectivity index (χ4n) is 2.78. The van der Waals surface area contributed by atoms with Crippen LogP contribution in [0.4, 0.5) is 0 Å². The van der Waals surface area contributed by atoms with Crippen molar-refractivity contribution in [3.8, 4) is 0 Å². The second-order valence-corrected chi connectivity index (χ2v) is 6.41. The van der Waals surface area contributed by atoms with Gasteiger partial charge in [-0.2, -0.15) is 0 Å². The molecule has 5 nitrogen and oxygen atoms in total. The minimum absolute atomic E-state index is 0.252. The Hall–Kier alpha value is -0.650. The van der Waals surface area contributed by atoms with Gasteiger partial charge in [-0.25, -0.2) is 0 Å². The van der Waals surface area contributed by atoms with Crippen LogP contribution in [-0.2, 0) is 4.79 Å². The van der Waals surface area contributed by atoms with Crippen LogP contribution in [0.15, 0.2) is 0 Å². The van der Waals surface area contributed by atoms with Gasteiger partial charge < -0.3 is 20.9 Å². The molecule has 2 unspecified atom stereocenters. The van der Waals surface area contributed by atoms with Crippen LogP contribution >= 0.6 is 0 Å². The van der Waals surface area contributed by atoms with Crippen molar-refractivity contribution in [1.29, 1.82) is 0 Å². The molecule has 1 aliphatic rings. The molecule has 5 heteroatoms. The fourth-order valence-corrected chi connectivity index (χ4v) is 2.78. The fraction of sp³-hybridized carbons (Fsp3) is 0.933. The number of carbonyl (C=O) groups is 1. The van der Waals surface area contributed by atoms with E-state index < -0.39 is 5.54 Å². The second kappa shape index (κ2) is 7.96. The molecule has 0 aromatic rings. The lowest BCUT2D eigenvalue weighted by Crippen LogP contribution is -2.55. The number of hydrogen-bond acceptors (Lipinski definition) is 4. The number of nitrogens with two attached hydrogens (primary N) is 1. The zero-order chi connectivity index (χ0) is 15.2. The number of amides is 1. The van der Waals surface area contributed by atoms with Crippen molar-refractivity contribution in [2.24, 2.45) is 5.73 Å². The molecule has 1 aliphatic heterocycles. The molecule has 1 heterocycles. The van der Waals surface area contributed by atoms with Crippen molar-refractivity contribution in [3.63, 3.8) is 0 Å². The van der Waals surface area contributed by atoms with Gasteiger partial charge in [0.1, 0.15) is 0 Å². The molecule has 20 heavy (non-hydrogen) atoms. The third-order valence-corrected chi connectivity index (χ3v) is 4.50. The number of nitrogens with zero attached hydrogens (tertiary/aromatic N) is 2. The lowest BCUT2D eigenvalue weighted by Gasteiger charge is -2.31. The van der Waals surface area contributed by atoms with Crippen LogP contribution in [0.25, 0.3) is 0 Å². The van der Waals surface area contributed by atoms with Crippen LogP contribution < -0.4 is 11.1 Å². The number of nitrogens with one attached hydrogen (secondary N) is 1. The van der Waals surface area contributed by atoms with E-state index in [1.165, 1.54) is 19.4 Å². The molecule has 118 valence electrons. The smallest absolute Gasteiger partial charge is 0.237 e. The molecular weight excluding hydrogens is 252 g/mol. The first-order valence-corrected chi connectivity index (χ1v) is 7.82. The van der Waals surface area contributed by atoms with E-state index in [0.29, 0.717) is 6.04 Å². The summed E-state index contributed by atoms with van der Waals surface area (Å²) in [6, 6.07) is 0.656. The summed E-state index contributed by atoms with van der Waals surface area (Å²) < 4.78 is 0. The van der Waals surface area contributed by atoms with Crippen LogP contribution in [0.5, 0.6) is 0 Å². The first-order chi connectivity index (χ1) is 9.39. The molecular formula is C15H32N4O. The normalized spacial score (nSPS) is 23.1. The Morgan fingerprint density at radius 1 is 1.55 bits per heavy atom. The molecule has 1 saturated heterocycles. The molecule has 3 N–H and O–H groups in total. The molecule has 0 spiro atoms. The van der Waals surface area contributed by atoms with Crippen molar-refractivity contribution >= 4 is 5.91 Å². The number of rotatable bonds is 9. The summed E-state index contributed by atoms with van der Waals surface area (Å²) in [5, 5.41) is 3.29. The van der Waals surface area contributed by atoms with Crippen molar-refractivity contribution in [1.82, 2.24) is 15.1 Å². The summed E-state index contributed by atoms with van der Waals surface area (Å²) in [4.78, 5) is 16.4. The molecule has 0 radical (unpaired) electrons. The van der Waals surface area contributed by atoms with E-state index in [1.54, 1.807) is 0 Å². The number of carbonyl (C=O) groups excluding carboxylic acids is 1. The highest BCUT2D eigenvalue weighted by Crippen LogP contribution is 2.16. The Labute approximate surface area is 123 Å². The molecule has 1 amide bonds. The van der Waals surface area contributed by atoms with Crippen molar-refractivity contribution < 1.29 is 4.79 Å². The molecule has 0 saturated carbocycles. The van der Waals surface area contributed by atoms with E-state index in [0.717, 1.165) is 32.5 Å². The van der Waals surface area contributed by atoms with Crippen molar-refractivity contribution in [3.05, 3.63) is 0 Å². The lowest BCUT2D eigenvalue weighted by molar-refractivity contribution is -0.124. The number of likely N-dealkylation sites (N-methyl/N-ethyl adjacent to an activating group) is 2. The van der Waals surface area contributed by atoms with Crippen molar-refractivity contribution in [2.75, 3.05) is 40.3 Å². The SMILES string of the molecule is CCCNC(C)(CCN(C)CC1CCCN1C)C(N)=O. The van der Waals surface area contributed by atoms with Crippen LogP contribution in [0.1, 0.15) is 39.5 Å². The van der Waals surface area contributed by atoms with E-state index in [-0.39, 0.29) is 5.91 Å². The van der Waals surface area contributed by atoms with Crippen molar-refractivity contribution in [2.45, 2.75) is 51.1 Å². The summed E-state index contributed by atoms with van der Waals surface area (Å²) in [5.74, 6) is -0.252. The Morgan fingerprint density at radius 2 is 2.25 bits per heavy atom. The van der Waals surface area contributed by atoms with Gasteiger partial charge in [-0.3, -0.25) is 4.79 Å². The third-order valence-electron chi connectivity index (χ3n) is 4.50. The molecule has 2 atom stereocenters. The zero-order valence-electron chi connectivity index (χ0n) is 13.6. The standard InChI is InChI=1S/C15H32N4O/c1-5-9-17-15(2,14(16)20)8-11-18(3)12-13-7-6-10-19(13)4/h13,17H,5-12H2,1-4H3,(H2,16,20). The highest BCUT2D eigenvalue weighted by Gasteiger charge is 2.30. The second-order valence-electron chi connectivity index (χ2n) is 6.41. The maximum absolute atomic E-state index is 11.7. The molecule has 1 rings (SSSR count). The topological polar surface area (TPSA) is 61.6 Å². The molecule has 0 bridgehead atoms. The Morgan fingerprint density at radius 3 is 2.75 bits per heavy atom. The number of hydrogen-bond donors (Lipinski definition) is 2. The van der Waals surface area contributed by atoms with E-state index >= 15 is 0 Å². The summed E-state index contributed by atoms with van der Waals surface area (Å²) in [6.45, 7) is 8.00. The predicted molar refractivity (Wildman–Crippen MR) is 83.7 cm³/mol. The summed E-state index contributed by atoms with van der Waals surface area (Å²) >= 11 is 0. The van der Waals surface area contributed by atoms with Crippen LogP contribution in [0.3, 0.4) is 0 Å². The van der Waals surface area contributed by atoms with Crippen LogP contribution in [-0.4, -0.2) is 67.6 Å². The first-order valence-electron chi connectivity index (χ1n) is 7.82. The zero-order valence-corrected chi connectivity index (χ0v) is 13.6. The van der Waals surface area contributed by atoms with E-state index in [1.807, 2.05) is 6.92 Å². The first kappa shape index (κ1) is 17.4. The van der Waals surface area contributed by atoms with Gasteiger partial charge in [0, 0.05) is 19.1 Å².